The maximum Gasteiger partial charge on any atom is 0.227 e. The summed E-state index contributed by atoms with van der Waals surface area (Å²) in [7, 11) is 0. The number of nitrogens with two attached hydrogens (primary N) is 1. The summed E-state index contributed by atoms with van der Waals surface area (Å²) in [6.45, 7) is 4.31. The van der Waals surface area contributed by atoms with Crippen molar-refractivity contribution in [3.8, 4) is 0 Å². The molecule has 0 spiro atoms. The standard InChI is InChI=1S/C15H21N3O/c1-3-4-5-14-17-15(19-18-14)10-11(2)12-6-8-13(16)9-7-12/h6-9,11H,3-5,10,16H2,1-2H3. The maximum absolute atomic E-state index is 5.69. The molecule has 0 radical (unpaired) electrons. The average Bonchev–Trinajstić information content (AvgIpc) is 2.84. The molecule has 0 aliphatic heterocycles. The fourth-order valence-electron chi connectivity index (χ4n) is 2.01. The third-order valence-electron chi connectivity index (χ3n) is 3.25. The van der Waals surface area contributed by atoms with Crippen LogP contribution >= 0.6 is 0 Å². The van der Waals surface area contributed by atoms with Gasteiger partial charge in [-0.2, -0.15) is 4.98 Å². The Bertz CT molecular complexity index is 504. The number of aryl methyl sites for hydroxylation is 1. The smallest absolute Gasteiger partial charge is 0.227 e. The fourth-order valence-corrected chi connectivity index (χ4v) is 2.01. The molecule has 1 heterocycles. The van der Waals surface area contributed by atoms with Crippen LogP contribution in [0.1, 0.15) is 49.9 Å². The minimum Gasteiger partial charge on any atom is -0.399 e. The number of benzene rings is 1. The summed E-state index contributed by atoms with van der Waals surface area (Å²) >= 11 is 0. The number of nitrogen functional groups attached to an aromatic ring is 1. The molecular weight excluding hydrogens is 238 g/mol. The van der Waals surface area contributed by atoms with Crippen molar-refractivity contribution in [2.24, 2.45) is 0 Å². The highest BCUT2D eigenvalue weighted by Gasteiger charge is 2.12. The summed E-state index contributed by atoms with van der Waals surface area (Å²) in [5.41, 5.74) is 7.71. The van der Waals surface area contributed by atoms with Crippen LogP contribution in [0.3, 0.4) is 0 Å². The van der Waals surface area contributed by atoms with E-state index in [2.05, 4.69) is 24.0 Å². The van der Waals surface area contributed by atoms with E-state index < -0.39 is 0 Å². The monoisotopic (exact) mass is 259 g/mol. The second-order valence-corrected chi connectivity index (χ2v) is 4.98. The van der Waals surface area contributed by atoms with Gasteiger partial charge in [0.15, 0.2) is 5.82 Å². The molecule has 2 rings (SSSR count). The zero-order valence-corrected chi connectivity index (χ0v) is 11.6. The molecule has 0 saturated heterocycles. The molecule has 0 amide bonds. The van der Waals surface area contributed by atoms with Crippen molar-refractivity contribution in [1.29, 1.82) is 0 Å². The lowest BCUT2D eigenvalue weighted by molar-refractivity contribution is 0.366. The van der Waals surface area contributed by atoms with Crippen LogP contribution < -0.4 is 5.73 Å². The number of nitrogens with zero attached hydrogens (tertiary/aromatic N) is 2. The minimum absolute atomic E-state index is 0.347. The van der Waals surface area contributed by atoms with Crippen molar-refractivity contribution in [1.82, 2.24) is 10.1 Å². The summed E-state index contributed by atoms with van der Waals surface area (Å²) in [4.78, 5) is 4.43. The molecular formula is C15H21N3O. The molecule has 102 valence electrons. The Morgan fingerprint density at radius 1 is 1.26 bits per heavy atom. The molecule has 1 unspecified atom stereocenters. The Morgan fingerprint density at radius 2 is 2.00 bits per heavy atom. The van der Waals surface area contributed by atoms with E-state index in [0.29, 0.717) is 5.92 Å². The summed E-state index contributed by atoms with van der Waals surface area (Å²) in [6, 6.07) is 7.95. The lowest BCUT2D eigenvalue weighted by Crippen LogP contribution is -1.99. The number of unbranched alkanes of at least 4 members (excludes halogenated alkanes) is 1. The number of hydrogen-bond donors (Lipinski definition) is 1. The van der Waals surface area contributed by atoms with Gasteiger partial charge in [-0.15, -0.1) is 0 Å². The topological polar surface area (TPSA) is 64.9 Å². The lowest BCUT2D eigenvalue weighted by Gasteiger charge is -2.09. The molecule has 2 N–H and O–H groups in total. The summed E-state index contributed by atoms with van der Waals surface area (Å²) in [5.74, 6) is 1.89. The first kappa shape index (κ1) is 13.6. The molecule has 0 aliphatic rings. The van der Waals surface area contributed by atoms with Gasteiger partial charge in [0.1, 0.15) is 0 Å². The van der Waals surface area contributed by atoms with Crippen LogP contribution in [0.2, 0.25) is 0 Å². The number of hydrogen-bond acceptors (Lipinski definition) is 4. The van der Waals surface area contributed by atoms with Gasteiger partial charge in [0, 0.05) is 18.5 Å². The highest BCUT2D eigenvalue weighted by Crippen LogP contribution is 2.20. The highest BCUT2D eigenvalue weighted by atomic mass is 16.5. The van der Waals surface area contributed by atoms with Crippen LogP contribution in [-0.4, -0.2) is 10.1 Å². The third-order valence-corrected chi connectivity index (χ3v) is 3.25. The second kappa shape index (κ2) is 6.36. The van der Waals surface area contributed by atoms with Crippen LogP contribution in [0.5, 0.6) is 0 Å². The minimum atomic E-state index is 0.347. The fraction of sp³-hybridized carbons (Fsp3) is 0.467. The Labute approximate surface area is 114 Å². The van der Waals surface area contributed by atoms with Crippen LogP contribution in [0.15, 0.2) is 28.8 Å². The quantitative estimate of drug-likeness (QED) is 0.808. The molecule has 4 nitrogen and oxygen atoms in total. The van der Waals surface area contributed by atoms with Gasteiger partial charge in [-0.25, -0.2) is 0 Å². The van der Waals surface area contributed by atoms with Crippen LogP contribution in [0.4, 0.5) is 5.69 Å². The molecule has 1 atom stereocenters. The lowest BCUT2D eigenvalue weighted by atomic mass is 9.98. The molecule has 0 bridgehead atoms. The molecule has 2 aromatic rings. The van der Waals surface area contributed by atoms with Crippen molar-refractivity contribution in [3.05, 3.63) is 41.5 Å². The summed E-state index contributed by atoms with van der Waals surface area (Å²) < 4.78 is 5.29. The number of anilines is 1. The van der Waals surface area contributed by atoms with E-state index in [9.17, 15) is 0 Å². The third kappa shape index (κ3) is 3.81. The normalized spacial score (nSPS) is 12.5. The van der Waals surface area contributed by atoms with E-state index >= 15 is 0 Å². The van der Waals surface area contributed by atoms with E-state index in [4.69, 9.17) is 10.3 Å². The Hall–Kier alpha value is -1.84. The van der Waals surface area contributed by atoms with E-state index in [1.165, 1.54) is 5.56 Å². The van der Waals surface area contributed by atoms with Gasteiger partial charge in [-0.05, 0) is 30.0 Å². The van der Waals surface area contributed by atoms with Crippen molar-refractivity contribution >= 4 is 5.69 Å². The first-order chi connectivity index (χ1) is 9.19. The van der Waals surface area contributed by atoms with Gasteiger partial charge in [0.05, 0.1) is 0 Å². The predicted molar refractivity (Wildman–Crippen MR) is 75.9 cm³/mol. The molecule has 0 aliphatic carbocycles. The summed E-state index contributed by atoms with van der Waals surface area (Å²) in [6.07, 6.45) is 3.91. The first-order valence-corrected chi connectivity index (χ1v) is 6.86. The van der Waals surface area contributed by atoms with Crippen molar-refractivity contribution in [2.45, 2.75) is 45.4 Å². The van der Waals surface area contributed by atoms with E-state index in [1.807, 2.05) is 24.3 Å². The number of rotatable bonds is 6. The van der Waals surface area contributed by atoms with Crippen molar-refractivity contribution < 1.29 is 4.52 Å². The maximum atomic E-state index is 5.69. The Balaban J connectivity index is 1.96. The average molecular weight is 259 g/mol. The molecule has 0 saturated carbocycles. The van der Waals surface area contributed by atoms with E-state index in [-0.39, 0.29) is 0 Å². The van der Waals surface area contributed by atoms with Gasteiger partial charge in [0.2, 0.25) is 5.89 Å². The van der Waals surface area contributed by atoms with Crippen molar-refractivity contribution in [2.75, 3.05) is 5.73 Å². The summed E-state index contributed by atoms with van der Waals surface area (Å²) in [5, 5.41) is 4.01. The molecule has 0 fully saturated rings. The Morgan fingerprint density at radius 3 is 2.68 bits per heavy atom. The second-order valence-electron chi connectivity index (χ2n) is 4.98. The number of aromatic nitrogens is 2. The molecule has 1 aromatic heterocycles. The zero-order chi connectivity index (χ0) is 13.7. The van der Waals surface area contributed by atoms with Crippen LogP contribution in [-0.2, 0) is 12.8 Å². The largest absolute Gasteiger partial charge is 0.399 e. The zero-order valence-electron chi connectivity index (χ0n) is 11.6. The van der Waals surface area contributed by atoms with Crippen LogP contribution in [0.25, 0.3) is 0 Å². The SMILES string of the molecule is CCCCc1noc(CC(C)c2ccc(N)cc2)n1. The van der Waals surface area contributed by atoms with E-state index in [0.717, 1.165) is 43.1 Å². The van der Waals surface area contributed by atoms with Gasteiger partial charge < -0.3 is 10.3 Å². The van der Waals surface area contributed by atoms with Gasteiger partial charge in [-0.1, -0.05) is 37.6 Å². The van der Waals surface area contributed by atoms with Gasteiger partial charge in [0.25, 0.3) is 0 Å². The first-order valence-electron chi connectivity index (χ1n) is 6.86. The van der Waals surface area contributed by atoms with Gasteiger partial charge in [-0.3, -0.25) is 0 Å². The Kier molecular flexibility index (Phi) is 4.55. The molecule has 1 aromatic carbocycles. The van der Waals surface area contributed by atoms with Gasteiger partial charge >= 0.3 is 0 Å². The predicted octanol–water partition coefficient (Wildman–Crippen LogP) is 3.34. The van der Waals surface area contributed by atoms with Crippen molar-refractivity contribution in [3.63, 3.8) is 0 Å². The van der Waals surface area contributed by atoms with E-state index in [1.54, 1.807) is 0 Å². The molecule has 19 heavy (non-hydrogen) atoms. The molecule has 4 heteroatoms. The van der Waals surface area contributed by atoms with Crippen LogP contribution in [0, 0.1) is 0 Å². The highest BCUT2D eigenvalue weighted by molar-refractivity contribution is 5.40.